The van der Waals surface area contributed by atoms with Gasteiger partial charge in [0.25, 0.3) is 11.8 Å². The zero-order valence-electron chi connectivity index (χ0n) is 16.3. The minimum Gasteiger partial charge on any atom is -0.480 e. The van der Waals surface area contributed by atoms with Crippen molar-refractivity contribution < 1.29 is 19.4 Å². The van der Waals surface area contributed by atoms with Crippen LogP contribution in [-0.4, -0.2) is 68.1 Å². The SMILES string of the molecule is COc1cc2c(C(N)=O)nn(-c3cccc(C#C[C@]4(O)CCN(C)C4=O)c3)c2nn1. The topological polar surface area (TPSA) is 136 Å². The fourth-order valence-electron chi connectivity index (χ4n) is 3.22. The molecule has 0 aliphatic carbocycles. The van der Waals surface area contributed by atoms with Gasteiger partial charge in [-0.25, -0.2) is 4.68 Å². The number of likely N-dealkylation sites (N-methyl/N-ethyl adjacent to an activating group) is 1. The number of aromatic nitrogens is 4. The lowest BCUT2D eigenvalue weighted by Crippen LogP contribution is -2.37. The maximum Gasteiger partial charge on any atom is 0.269 e. The van der Waals surface area contributed by atoms with Crippen LogP contribution < -0.4 is 10.5 Å². The highest BCUT2D eigenvalue weighted by atomic mass is 16.5. The average Bonchev–Trinajstić information content (AvgIpc) is 3.26. The fraction of sp³-hybridized carbons (Fsp3) is 0.250. The van der Waals surface area contributed by atoms with E-state index in [0.717, 1.165) is 0 Å². The number of primary amides is 1. The van der Waals surface area contributed by atoms with Crippen LogP contribution in [0.3, 0.4) is 0 Å². The lowest BCUT2D eigenvalue weighted by atomic mass is 10.0. The number of aliphatic hydroxyl groups is 1. The third kappa shape index (κ3) is 3.21. The maximum atomic E-state index is 12.1. The lowest BCUT2D eigenvalue weighted by molar-refractivity contribution is -0.137. The molecule has 152 valence electrons. The van der Waals surface area contributed by atoms with E-state index in [4.69, 9.17) is 10.5 Å². The van der Waals surface area contributed by atoms with E-state index in [-0.39, 0.29) is 18.0 Å². The van der Waals surface area contributed by atoms with E-state index in [1.165, 1.54) is 22.8 Å². The molecule has 1 aliphatic rings. The Labute approximate surface area is 171 Å². The third-order valence-corrected chi connectivity index (χ3v) is 4.86. The molecule has 0 unspecified atom stereocenters. The number of carbonyl (C=O) groups is 2. The van der Waals surface area contributed by atoms with Crippen molar-refractivity contribution in [2.75, 3.05) is 20.7 Å². The highest BCUT2D eigenvalue weighted by Crippen LogP contribution is 2.24. The lowest BCUT2D eigenvalue weighted by Gasteiger charge is -2.13. The average molecular weight is 406 g/mol. The van der Waals surface area contributed by atoms with Crippen molar-refractivity contribution in [2.24, 2.45) is 5.73 Å². The van der Waals surface area contributed by atoms with E-state index in [1.54, 1.807) is 31.3 Å². The van der Waals surface area contributed by atoms with Crippen LogP contribution in [0.2, 0.25) is 0 Å². The van der Waals surface area contributed by atoms with Crippen LogP contribution in [0, 0.1) is 11.8 Å². The van der Waals surface area contributed by atoms with Gasteiger partial charge in [-0.15, -0.1) is 10.2 Å². The van der Waals surface area contributed by atoms with Crippen LogP contribution in [-0.2, 0) is 4.79 Å². The zero-order chi connectivity index (χ0) is 21.5. The summed E-state index contributed by atoms with van der Waals surface area (Å²) in [5.74, 6) is 4.62. The summed E-state index contributed by atoms with van der Waals surface area (Å²) >= 11 is 0. The summed E-state index contributed by atoms with van der Waals surface area (Å²) in [7, 11) is 3.06. The number of hydrogen-bond acceptors (Lipinski definition) is 7. The number of fused-ring (bicyclic) bond motifs is 1. The first kappa shape index (κ1) is 19.4. The Morgan fingerprint density at radius 1 is 1.33 bits per heavy atom. The molecule has 1 fully saturated rings. The molecule has 2 aromatic heterocycles. The number of rotatable bonds is 3. The molecule has 0 radical (unpaired) electrons. The van der Waals surface area contributed by atoms with Gasteiger partial charge in [0.1, 0.15) is 0 Å². The molecule has 1 aromatic carbocycles. The molecule has 0 saturated carbocycles. The largest absolute Gasteiger partial charge is 0.480 e. The number of likely N-dealkylation sites (tertiary alicyclic amines) is 1. The first-order valence-electron chi connectivity index (χ1n) is 9.04. The first-order valence-corrected chi connectivity index (χ1v) is 9.04. The number of hydrogen-bond donors (Lipinski definition) is 2. The van der Waals surface area contributed by atoms with E-state index in [1.807, 2.05) is 0 Å². The number of benzene rings is 1. The third-order valence-electron chi connectivity index (χ3n) is 4.86. The summed E-state index contributed by atoms with van der Waals surface area (Å²) in [5, 5.41) is 23.2. The molecule has 0 bridgehead atoms. The Morgan fingerprint density at radius 2 is 2.13 bits per heavy atom. The molecule has 30 heavy (non-hydrogen) atoms. The second-order valence-electron chi connectivity index (χ2n) is 6.89. The Kier molecular flexibility index (Phi) is 4.60. The Morgan fingerprint density at radius 3 is 2.80 bits per heavy atom. The van der Waals surface area contributed by atoms with Gasteiger partial charge in [-0.2, -0.15) is 5.10 Å². The van der Waals surface area contributed by atoms with Gasteiger partial charge in [-0.1, -0.05) is 17.9 Å². The van der Waals surface area contributed by atoms with Crippen molar-refractivity contribution >= 4 is 22.8 Å². The van der Waals surface area contributed by atoms with Crippen LogP contribution in [0.5, 0.6) is 5.88 Å². The van der Waals surface area contributed by atoms with Crippen LogP contribution in [0.15, 0.2) is 30.3 Å². The second-order valence-corrected chi connectivity index (χ2v) is 6.89. The van der Waals surface area contributed by atoms with E-state index >= 15 is 0 Å². The van der Waals surface area contributed by atoms with E-state index in [0.29, 0.717) is 28.8 Å². The van der Waals surface area contributed by atoms with Crippen molar-refractivity contribution in [3.63, 3.8) is 0 Å². The summed E-state index contributed by atoms with van der Waals surface area (Å²) < 4.78 is 6.49. The number of carbonyl (C=O) groups excluding carboxylic acids is 2. The fourth-order valence-corrected chi connectivity index (χ4v) is 3.22. The molecule has 3 heterocycles. The molecule has 2 amide bonds. The monoisotopic (exact) mass is 406 g/mol. The minimum absolute atomic E-state index is 0.0311. The molecular formula is C20H18N6O4. The van der Waals surface area contributed by atoms with Gasteiger partial charge in [0.15, 0.2) is 11.3 Å². The second kappa shape index (κ2) is 7.13. The summed E-state index contributed by atoms with van der Waals surface area (Å²) in [6.07, 6.45) is 0.248. The molecule has 10 heteroatoms. The normalized spacial score (nSPS) is 18.4. The number of nitrogens with zero attached hydrogens (tertiary/aromatic N) is 5. The molecule has 1 atom stereocenters. The zero-order valence-corrected chi connectivity index (χ0v) is 16.3. The predicted octanol–water partition coefficient (Wildman–Crippen LogP) is -0.132. The Balaban J connectivity index is 1.77. The summed E-state index contributed by atoms with van der Waals surface area (Å²) in [4.78, 5) is 25.4. The minimum atomic E-state index is -1.69. The quantitative estimate of drug-likeness (QED) is 0.578. The Bertz CT molecular complexity index is 1240. The highest BCUT2D eigenvalue weighted by molar-refractivity contribution is 6.03. The van der Waals surface area contributed by atoms with Crippen LogP contribution in [0.1, 0.15) is 22.5 Å². The molecular weight excluding hydrogens is 388 g/mol. The molecule has 3 N–H and O–H groups in total. The molecule has 4 rings (SSSR count). The standard InChI is InChI=1S/C20H18N6O4/c1-25-9-8-20(29,19(25)28)7-6-12-4-3-5-13(10-12)26-18-14(16(24-26)17(21)27)11-15(30-2)22-23-18/h3-5,10-11,29H,8-9H2,1-2H3,(H2,21,27)/t20-/m0/s1. The van der Waals surface area contributed by atoms with Crippen LogP contribution in [0.4, 0.5) is 0 Å². The van der Waals surface area contributed by atoms with Crippen molar-refractivity contribution in [1.82, 2.24) is 24.9 Å². The van der Waals surface area contributed by atoms with Crippen molar-refractivity contribution in [2.45, 2.75) is 12.0 Å². The number of nitrogens with two attached hydrogens (primary N) is 1. The van der Waals surface area contributed by atoms with Crippen molar-refractivity contribution in [1.29, 1.82) is 0 Å². The van der Waals surface area contributed by atoms with E-state index < -0.39 is 17.4 Å². The van der Waals surface area contributed by atoms with Gasteiger partial charge in [0.05, 0.1) is 18.2 Å². The molecule has 3 aromatic rings. The van der Waals surface area contributed by atoms with Gasteiger partial charge < -0.3 is 20.5 Å². The maximum absolute atomic E-state index is 12.1. The van der Waals surface area contributed by atoms with Gasteiger partial charge in [-0.05, 0) is 18.2 Å². The number of ether oxygens (including phenoxy) is 1. The number of methoxy groups -OCH3 is 1. The van der Waals surface area contributed by atoms with Crippen molar-refractivity contribution in [3.8, 4) is 23.4 Å². The van der Waals surface area contributed by atoms with Gasteiger partial charge in [0.2, 0.25) is 11.5 Å². The van der Waals surface area contributed by atoms with Gasteiger partial charge in [-0.3, -0.25) is 9.59 Å². The van der Waals surface area contributed by atoms with Gasteiger partial charge in [0, 0.05) is 31.6 Å². The van der Waals surface area contributed by atoms with Crippen molar-refractivity contribution in [3.05, 3.63) is 41.6 Å². The molecule has 0 spiro atoms. The van der Waals surface area contributed by atoms with Crippen LogP contribution in [0.25, 0.3) is 16.7 Å². The Hall–Kier alpha value is -3.97. The molecule has 10 nitrogen and oxygen atoms in total. The number of amides is 2. The summed E-state index contributed by atoms with van der Waals surface area (Å²) in [6.45, 7) is 0.446. The molecule has 1 aliphatic heterocycles. The summed E-state index contributed by atoms with van der Waals surface area (Å²) in [6, 6.07) is 8.45. The smallest absolute Gasteiger partial charge is 0.269 e. The van der Waals surface area contributed by atoms with E-state index in [2.05, 4.69) is 27.1 Å². The van der Waals surface area contributed by atoms with E-state index in [9.17, 15) is 14.7 Å². The molecule has 1 saturated heterocycles. The van der Waals surface area contributed by atoms with Gasteiger partial charge >= 0.3 is 0 Å². The highest BCUT2D eigenvalue weighted by Gasteiger charge is 2.42. The van der Waals surface area contributed by atoms with Crippen LogP contribution >= 0.6 is 0 Å². The first-order chi connectivity index (χ1) is 14.3. The predicted molar refractivity (Wildman–Crippen MR) is 106 cm³/mol. The summed E-state index contributed by atoms with van der Waals surface area (Å²) in [5.41, 5.74) is 5.23.